The van der Waals surface area contributed by atoms with Gasteiger partial charge in [-0.2, -0.15) is 27.1 Å². The number of rotatable bonds is 11. The lowest BCUT2D eigenvalue weighted by Gasteiger charge is -2.15. The second kappa shape index (κ2) is 13.2. The van der Waals surface area contributed by atoms with Crippen molar-refractivity contribution in [2.45, 2.75) is 31.5 Å². The maximum Gasteiger partial charge on any atom is 0.490 e. The SMILES string of the molecule is O=C(O)C(F)(F)F.O=C(O)CCSSCCNC(=O)C(F)(F)CCn1cccn1. The Morgan fingerprint density at radius 2 is 1.66 bits per heavy atom. The van der Waals surface area contributed by atoms with Crippen LogP contribution < -0.4 is 5.32 Å². The Labute approximate surface area is 169 Å². The Kier molecular flexibility index (Phi) is 12.3. The molecule has 0 aliphatic carbocycles. The number of carboxylic acid groups (broad SMARTS) is 2. The van der Waals surface area contributed by atoms with Crippen LogP contribution in [0.25, 0.3) is 0 Å². The molecule has 166 valence electrons. The van der Waals surface area contributed by atoms with Crippen LogP contribution in [-0.2, 0) is 20.9 Å². The lowest BCUT2D eigenvalue weighted by Crippen LogP contribution is -2.41. The zero-order valence-electron chi connectivity index (χ0n) is 14.7. The number of amides is 1. The third-order valence-corrected chi connectivity index (χ3v) is 5.15. The normalized spacial score (nSPS) is 11.3. The number of aromatic nitrogens is 2. The second-order valence-corrected chi connectivity index (χ2v) is 7.77. The molecule has 0 aromatic carbocycles. The third kappa shape index (κ3) is 13.7. The van der Waals surface area contributed by atoms with Crippen molar-refractivity contribution in [3.8, 4) is 0 Å². The molecule has 3 N–H and O–H groups in total. The molecule has 1 aromatic heterocycles. The highest BCUT2D eigenvalue weighted by atomic mass is 33.1. The predicted octanol–water partition coefficient (Wildman–Crippen LogP) is 2.51. The zero-order chi connectivity index (χ0) is 22.5. The topological polar surface area (TPSA) is 122 Å². The van der Waals surface area contributed by atoms with E-state index >= 15 is 0 Å². The van der Waals surface area contributed by atoms with E-state index in [9.17, 15) is 31.5 Å². The maximum atomic E-state index is 13.6. The Morgan fingerprint density at radius 1 is 1.07 bits per heavy atom. The van der Waals surface area contributed by atoms with Gasteiger partial charge in [0.15, 0.2) is 0 Å². The number of alkyl halides is 5. The monoisotopic (exact) mass is 467 g/mol. The van der Waals surface area contributed by atoms with E-state index in [0.717, 1.165) is 0 Å². The van der Waals surface area contributed by atoms with Crippen molar-refractivity contribution in [3.05, 3.63) is 18.5 Å². The molecule has 1 rings (SSSR count). The van der Waals surface area contributed by atoms with E-state index in [1.807, 2.05) is 0 Å². The highest BCUT2D eigenvalue weighted by molar-refractivity contribution is 8.76. The fraction of sp³-hybridized carbons (Fsp3) is 0.571. The Morgan fingerprint density at radius 3 is 2.14 bits per heavy atom. The van der Waals surface area contributed by atoms with E-state index in [0.29, 0.717) is 11.5 Å². The van der Waals surface area contributed by atoms with Crippen LogP contribution in [0, 0.1) is 0 Å². The van der Waals surface area contributed by atoms with Gasteiger partial charge in [-0.25, -0.2) is 4.79 Å². The van der Waals surface area contributed by atoms with E-state index in [2.05, 4.69) is 10.4 Å². The van der Waals surface area contributed by atoms with Crippen LogP contribution in [0.2, 0.25) is 0 Å². The van der Waals surface area contributed by atoms with Gasteiger partial charge in [-0.05, 0) is 6.07 Å². The number of carbonyl (C=O) groups excluding carboxylic acids is 1. The van der Waals surface area contributed by atoms with Gasteiger partial charge in [0, 0.05) is 43.4 Å². The number of carboxylic acids is 2. The number of nitrogens with zero attached hydrogens (tertiary/aromatic N) is 2. The van der Waals surface area contributed by atoms with Gasteiger partial charge in [0.2, 0.25) is 0 Å². The molecule has 0 fully saturated rings. The van der Waals surface area contributed by atoms with Crippen LogP contribution in [-0.4, -0.2) is 68.0 Å². The quantitative estimate of drug-likeness (QED) is 0.258. The first-order valence-electron chi connectivity index (χ1n) is 7.76. The second-order valence-electron chi connectivity index (χ2n) is 5.07. The summed E-state index contributed by atoms with van der Waals surface area (Å²) in [4.78, 5) is 30.6. The summed E-state index contributed by atoms with van der Waals surface area (Å²) in [7, 11) is 2.67. The van der Waals surface area contributed by atoms with Crippen molar-refractivity contribution in [2.75, 3.05) is 18.1 Å². The number of halogens is 5. The van der Waals surface area contributed by atoms with Gasteiger partial charge < -0.3 is 15.5 Å². The number of aryl methyl sites for hydroxylation is 1. The van der Waals surface area contributed by atoms with Gasteiger partial charge in [-0.15, -0.1) is 0 Å². The van der Waals surface area contributed by atoms with Gasteiger partial charge in [-0.3, -0.25) is 14.3 Å². The minimum atomic E-state index is -5.08. The molecule has 0 bridgehead atoms. The average molecular weight is 467 g/mol. The molecule has 1 heterocycles. The van der Waals surface area contributed by atoms with Gasteiger partial charge in [-0.1, -0.05) is 21.6 Å². The van der Waals surface area contributed by atoms with Gasteiger partial charge in [0.1, 0.15) is 0 Å². The van der Waals surface area contributed by atoms with Crippen molar-refractivity contribution in [3.63, 3.8) is 0 Å². The van der Waals surface area contributed by atoms with Gasteiger partial charge in [0.25, 0.3) is 5.91 Å². The van der Waals surface area contributed by atoms with Crippen molar-refractivity contribution < 1.29 is 46.5 Å². The first-order valence-corrected chi connectivity index (χ1v) is 10.2. The van der Waals surface area contributed by atoms with Crippen LogP contribution in [0.15, 0.2) is 18.5 Å². The highest BCUT2D eigenvalue weighted by Gasteiger charge is 2.38. The third-order valence-electron chi connectivity index (χ3n) is 2.74. The molecule has 0 atom stereocenters. The summed E-state index contributed by atoms with van der Waals surface area (Å²) in [5.41, 5.74) is 0. The Bertz CT molecular complexity index is 644. The van der Waals surface area contributed by atoms with Crippen molar-refractivity contribution in [1.82, 2.24) is 15.1 Å². The summed E-state index contributed by atoms with van der Waals surface area (Å²) in [6, 6.07) is 1.62. The zero-order valence-corrected chi connectivity index (χ0v) is 16.3. The molecule has 0 aliphatic rings. The summed E-state index contributed by atoms with van der Waals surface area (Å²) in [6.45, 7) is 0.0775. The summed E-state index contributed by atoms with van der Waals surface area (Å²) in [6.07, 6.45) is -2.60. The molecular weight excluding hydrogens is 449 g/mol. The fourth-order valence-electron chi connectivity index (χ4n) is 1.38. The summed E-state index contributed by atoms with van der Waals surface area (Å²) >= 11 is 0. The molecule has 0 unspecified atom stereocenters. The fourth-order valence-corrected chi connectivity index (χ4v) is 3.27. The summed E-state index contributed by atoms with van der Waals surface area (Å²) < 4.78 is 60.3. The van der Waals surface area contributed by atoms with Crippen LogP contribution in [0.4, 0.5) is 22.0 Å². The molecule has 1 aromatic rings. The first kappa shape index (κ1) is 27.0. The van der Waals surface area contributed by atoms with E-state index < -0.39 is 36.4 Å². The van der Waals surface area contributed by atoms with Crippen LogP contribution in [0.3, 0.4) is 0 Å². The highest BCUT2D eigenvalue weighted by Crippen LogP contribution is 2.22. The van der Waals surface area contributed by atoms with Crippen LogP contribution in [0.5, 0.6) is 0 Å². The average Bonchev–Trinajstić information content (AvgIpc) is 3.12. The molecule has 1 amide bonds. The van der Waals surface area contributed by atoms with E-state index in [4.69, 9.17) is 15.0 Å². The maximum absolute atomic E-state index is 13.6. The first-order chi connectivity index (χ1) is 13.4. The van der Waals surface area contributed by atoms with E-state index in [1.165, 1.54) is 32.5 Å². The van der Waals surface area contributed by atoms with E-state index in [1.54, 1.807) is 12.3 Å². The van der Waals surface area contributed by atoms with Crippen molar-refractivity contribution >= 4 is 39.4 Å². The summed E-state index contributed by atoms with van der Waals surface area (Å²) in [5.74, 6) is -7.49. The van der Waals surface area contributed by atoms with Crippen LogP contribution >= 0.6 is 21.6 Å². The van der Waals surface area contributed by atoms with Crippen LogP contribution in [0.1, 0.15) is 12.8 Å². The molecule has 8 nitrogen and oxygen atoms in total. The largest absolute Gasteiger partial charge is 0.490 e. The number of hydrogen-bond donors (Lipinski definition) is 3. The smallest absolute Gasteiger partial charge is 0.481 e. The standard InChI is InChI=1S/C12H17F2N3O3S2.C2HF3O2/c13-12(14,3-7-17-6-1-4-16-17)11(20)15-5-9-22-21-8-2-10(18)19;3-2(4,5)1(6)7/h1,4,6H,2-3,5,7-9H2,(H,15,20)(H,18,19);(H,6,7). The molecule has 0 radical (unpaired) electrons. The van der Waals surface area contributed by atoms with E-state index in [-0.39, 0.29) is 19.5 Å². The predicted molar refractivity (Wildman–Crippen MR) is 95.7 cm³/mol. The molecule has 15 heteroatoms. The molecule has 0 spiro atoms. The van der Waals surface area contributed by atoms with Crippen molar-refractivity contribution in [1.29, 1.82) is 0 Å². The molecule has 0 saturated carbocycles. The Hall–Kier alpha value is -2.03. The number of hydrogen-bond acceptors (Lipinski definition) is 6. The van der Waals surface area contributed by atoms with Crippen molar-refractivity contribution in [2.24, 2.45) is 0 Å². The van der Waals surface area contributed by atoms with Gasteiger partial charge >= 0.3 is 24.0 Å². The molecular formula is C14H18F5N3O5S2. The number of nitrogens with one attached hydrogen (secondary N) is 1. The Balaban J connectivity index is 0.000000956. The molecule has 29 heavy (non-hydrogen) atoms. The minimum Gasteiger partial charge on any atom is -0.481 e. The van der Waals surface area contributed by atoms with Gasteiger partial charge in [0.05, 0.1) is 6.42 Å². The minimum absolute atomic E-state index is 0.0345. The number of carbonyl (C=O) groups is 3. The lowest BCUT2D eigenvalue weighted by atomic mass is 10.2. The molecule has 0 saturated heterocycles. The summed E-state index contributed by atoms with van der Waals surface area (Å²) in [5, 5.41) is 21.5. The number of aliphatic carboxylic acids is 2. The molecule has 0 aliphatic heterocycles. The lowest BCUT2D eigenvalue weighted by molar-refractivity contribution is -0.192.